The van der Waals surface area contributed by atoms with E-state index >= 15 is 0 Å². The van der Waals surface area contributed by atoms with Crippen LogP contribution in [0.4, 0.5) is 5.69 Å². The molecule has 1 aromatic rings. The second-order valence-corrected chi connectivity index (χ2v) is 2.43. The highest BCUT2D eigenvalue weighted by atomic mass is 16.4. The summed E-state index contributed by atoms with van der Waals surface area (Å²) in [6.45, 7) is 2.96. The van der Waals surface area contributed by atoms with Gasteiger partial charge >= 0.3 is 5.69 Å². The molecule has 4 nitrogen and oxygen atoms in total. The number of carboxylic acid groups (broad SMARTS) is 1. The van der Waals surface area contributed by atoms with Gasteiger partial charge in [0.05, 0.1) is 0 Å². The minimum Gasteiger partial charge on any atom is -0.550 e. The third-order valence-corrected chi connectivity index (χ3v) is 1.15. The first-order valence-corrected chi connectivity index (χ1v) is 3.65. The number of diazo groups is 1. The van der Waals surface area contributed by atoms with E-state index in [0.29, 0.717) is 5.69 Å². The van der Waals surface area contributed by atoms with Gasteiger partial charge in [0.25, 0.3) is 0 Å². The van der Waals surface area contributed by atoms with Gasteiger partial charge in [-0.1, -0.05) is 17.7 Å². The van der Waals surface area contributed by atoms with Gasteiger partial charge in [0.2, 0.25) is 5.39 Å². The Bertz CT molecular complexity index is 307. The number of hydrogen-bond acceptors (Lipinski definition) is 3. The lowest BCUT2D eigenvalue weighted by Crippen LogP contribution is -2.16. The normalized spacial score (nSPS) is 7.77. The van der Waals surface area contributed by atoms with Crippen LogP contribution in [0, 0.1) is 12.3 Å². The molecular weight excluding hydrogens is 168 g/mol. The molecule has 0 saturated carbocycles. The summed E-state index contributed by atoms with van der Waals surface area (Å²) >= 11 is 0. The van der Waals surface area contributed by atoms with Gasteiger partial charge in [-0.3, -0.25) is 0 Å². The molecule has 68 valence electrons. The average Bonchev–Trinajstić information content (AvgIpc) is 2.05. The molecule has 1 rings (SSSR count). The van der Waals surface area contributed by atoms with E-state index < -0.39 is 5.97 Å². The van der Waals surface area contributed by atoms with E-state index in [-0.39, 0.29) is 0 Å². The summed E-state index contributed by atoms with van der Waals surface area (Å²) in [6, 6.07) is 7.31. The van der Waals surface area contributed by atoms with Crippen molar-refractivity contribution in [1.82, 2.24) is 0 Å². The first-order chi connectivity index (χ1) is 6.06. The molecule has 0 amide bonds. The molecule has 0 fully saturated rings. The largest absolute Gasteiger partial charge is 0.550 e. The predicted molar refractivity (Wildman–Crippen MR) is 46.6 cm³/mol. The Morgan fingerprint density at radius 3 is 2.08 bits per heavy atom. The molecule has 4 heteroatoms. The van der Waals surface area contributed by atoms with Gasteiger partial charge in [-0.15, -0.1) is 0 Å². The molecule has 0 N–H and O–H groups in total. The second kappa shape index (κ2) is 5.72. The van der Waals surface area contributed by atoms with Crippen LogP contribution in [0.25, 0.3) is 4.98 Å². The summed E-state index contributed by atoms with van der Waals surface area (Å²) in [5, 5.41) is 17.1. The van der Waals surface area contributed by atoms with Crippen LogP contribution >= 0.6 is 0 Å². The molecule has 0 atom stereocenters. The molecule has 0 aliphatic carbocycles. The fourth-order valence-electron chi connectivity index (χ4n) is 0.611. The van der Waals surface area contributed by atoms with Gasteiger partial charge < -0.3 is 9.90 Å². The zero-order chi connectivity index (χ0) is 10.3. The van der Waals surface area contributed by atoms with Gasteiger partial charge in [-0.25, -0.2) is 0 Å². The van der Waals surface area contributed by atoms with Crippen molar-refractivity contribution in [3.63, 3.8) is 0 Å². The maximum atomic E-state index is 8.89. The summed E-state index contributed by atoms with van der Waals surface area (Å²) in [4.78, 5) is 11.9. The molecule has 0 unspecified atom stereocenters. The number of carbonyl (C=O) groups excluding carboxylic acids is 1. The van der Waals surface area contributed by atoms with E-state index in [0.717, 1.165) is 6.92 Å². The molecule has 0 saturated heterocycles. The molecule has 1 aromatic carbocycles. The van der Waals surface area contributed by atoms with Crippen molar-refractivity contribution in [2.24, 2.45) is 0 Å². The topological polar surface area (TPSA) is 68.3 Å². The van der Waals surface area contributed by atoms with Crippen LogP contribution in [-0.2, 0) is 4.79 Å². The molecule has 13 heavy (non-hydrogen) atoms. The highest BCUT2D eigenvalue weighted by Gasteiger charge is 1.98. The van der Waals surface area contributed by atoms with Crippen molar-refractivity contribution in [3.8, 4) is 0 Å². The highest BCUT2D eigenvalue weighted by Crippen LogP contribution is 2.10. The molecule has 0 spiro atoms. The molecule has 0 aliphatic rings. The monoisotopic (exact) mass is 178 g/mol. The third kappa shape index (κ3) is 6.51. The quantitative estimate of drug-likeness (QED) is 0.561. The van der Waals surface area contributed by atoms with Crippen molar-refractivity contribution >= 4 is 11.7 Å². The van der Waals surface area contributed by atoms with Gasteiger partial charge in [-0.2, -0.15) is 0 Å². The number of aliphatic carboxylic acids is 1. The van der Waals surface area contributed by atoms with Crippen LogP contribution in [-0.4, -0.2) is 5.97 Å². The molecule has 0 radical (unpaired) electrons. The molecular formula is C9H10N2O2. The van der Waals surface area contributed by atoms with Gasteiger partial charge in [-0.05, 0) is 13.8 Å². The Labute approximate surface area is 76.4 Å². The maximum Gasteiger partial charge on any atom is 0.385 e. The fourth-order valence-corrected chi connectivity index (χ4v) is 0.611. The lowest BCUT2D eigenvalue weighted by Gasteiger charge is -1.81. The SMILES string of the molecule is CC(=O)[O-].Cc1ccc([N+]#N)cc1. The van der Waals surface area contributed by atoms with Crippen molar-refractivity contribution in [2.45, 2.75) is 13.8 Å². The van der Waals surface area contributed by atoms with Crippen LogP contribution in [0.15, 0.2) is 24.3 Å². The van der Waals surface area contributed by atoms with E-state index in [9.17, 15) is 0 Å². The Morgan fingerprint density at radius 1 is 1.38 bits per heavy atom. The van der Waals surface area contributed by atoms with Gasteiger partial charge in [0.15, 0.2) is 4.98 Å². The first-order valence-electron chi connectivity index (χ1n) is 3.65. The number of rotatable bonds is 0. The molecule has 0 heterocycles. The zero-order valence-corrected chi connectivity index (χ0v) is 7.52. The Hall–Kier alpha value is -1.89. The van der Waals surface area contributed by atoms with Crippen molar-refractivity contribution < 1.29 is 9.90 Å². The van der Waals surface area contributed by atoms with Crippen LogP contribution < -0.4 is 5.11 Å². The van der Waals surface area contributed by atoms with E-state index in [1.165, 1.54) is 5.56 Å². The standard InChI is InChI=1S/C7H7N2.C2H4O2/c1-6-2-4-7(9-8)5-3-6;1-2(3)4/h2-5H,1H3;1H3,(H,3,4)/q+1;/p-1. The summed E-state index contributed by atoms with van der Waals surface area (Å²) in [5.41, 5.74) is 1.77. The first kappa shape index (κ1) is 11.1. The van der Waals surface area contributed by atoms with Crippen LogP contribution in [0.1, 0.15) is 12.5 Å². The van der Waals surface area contributed by atoms with Crippen molar-refractivity contribution in [1.29, 1.82) is 5.39 Å². The summed E-state index contributed by atoms with van der Waals surface area (Å²) in [7, 11) is 0. The summed E-state index contributed by atoms with van der Waals surface area (Å²) in [6.07, 6.45) is 0. The average molecular weight is 178 g/mol. The van der Waals surface area contributed by atoms with Gasteiger partial charge in [0, 0.05) is 18.1 Å². The highest BCUT2D eigenvalue weighted by molar-refractivity contribution is 5.60. The molecule has 0 aromatic heterocycles. The third-order valence-electron chi connectivity index (χ3n) is 1.15. The van der Waals surface area contributed by atoms with E-state index in [4.69, 9.17) is 15.3 Å². The van der Waals surface area contributed by atoms with Gasteiger partial charge in [0.1, 0.15) is 0 Å². The smallest absolute Gasteiger partial charge is 0.385 e. The number of hydrogen-bond donors (Lipinski definition) is 0. The number of benzene rings is 1. The number of aryl methyl sites for hydroxylation is 1. The van der Waals surface area contributed by atoms with Crippen molar-refractivity contribution in [3.05, 3.63) is 34.8 Å². The lowest BCUT2D eigenvalue weighted by molar-refractivity contribution is -0.302. The summed E-state index contributed by atoms with van der Waals surface area (Å²) in [5.74, 6) is -1.08. The van der Waals surface area contributed by atoms with Crippen molar-refractivity contribution in [2.75, 3.05) is 0 Å². The van der Waals surface area contributed by atoms with E-state index in [1.54, 1.807) is 12.1 Å². The second-order valence-electron chi connectivity index (χ2n) is 2.43. The molecule has 0 bridgehead atoms. The Kier molecular flexibility index (Phi) is 4.89. The fraction of sp³-hybridized carbons (Fsp3) is 0.222. The van der Waals surface area contributed by atoms with Crippen LogP contribution in [0.2, 0.25) is 0 Å². The maximum absolute atomic E-state index is 8.89. The Morgan fingerprint density at radius 2 is 1.77 bits per heavy atom. The Balaban J connectivity index is 0.000000310. The van der Waals surface area contributed by atoms with Crippen LogP contribution in [0.3, 0.4) is 0 Å². The predicted octanol–water partition coefficient (Wildman–Crippen LogP) is 1.24. The minimum atomic E-state index is -1.08. The van der Waals surface area contributed by atoms with E-state index in [2.05, 4.69) is 4.98 Å². The van der Waals surface area contributed by atoms with E-state index in [1.807, 2.05) is 19.1 Å². The number of nitrogens with zero attached hydrogens (tertiary/aromatic N) is 2. The minimum absolute atomic E-state index is 0.598. The zero-order valence-electron chi connectivity index (χ0n) is 7.52. The number of carbonyl (C=O) groups is 1. The summed E-state index contributed by atoms with van der Waals surface area (Å²) < 4.78 is 0. The van der Waals surface area contributed by atoms with Crippen LogP contribution in [0.5, 0.6) is 0 Å². The lowest BCUT2D eigenvalue weighted by atomic mass is 10.2. The molecule has 0 aliphatic heterocycles. The number of carboxylic acids is 1.